The van der Waals surface area contributed by atoms with E-state index in [2.05, 4.69) is 9.80 Å². The number of phenols is 1. The summed E-state index contributed by atoms with van der Waals surface area (Å²) in [5, 5.41) is 9.39. The van der Waals surface area contributed by atoms with Crippen LogP contribution in [0.1, 0.15) is 26.2 Å². The van der Waals surface area contributed by atoms with Crippen molar-refractivity contribution in [2.45, 2.75) is 32.2 Å². The van der Waals surface area contributed by atoms with Crippen LogP contribution in [0.25, 0.3) is 0 Å². The number of carbonyl (C=O) groups excluding carboxylic acids is 1. The lowest BCUT2D eigenvalue weighted by atomic mass is 10.1. The Morgan fingerprint density at radius 3 is 2.17 bits per heavy atom. The number of likely N-dealkylation sites (tertiary alicyclic amines) is 1. The molecule has 0 spiro atoms. The van der Waals surface area contributed by atoms with Gasteiger partial charge in [-0.05, 0) is 50.5 Å². The van der Waals surface area contributed by atoms with E-state index in [0.29, 0.717) is 11.7 Å². The Bertz CT molecular complexity index is 518. The van der Waals surface area contributed by atoms with E-state index in [4.69, 9.17) is 0 Å². The fourth-order valence-corrected chi connectivity index (χ4v) is 3.57. The second-order valence-electron chi connectivity index (χ2n) is 6.60. The number of aromatic hydroxyl groups is 1. The van der Waals surface area contributed by atoms with E-state index in [1.54, 1.807) is 12.1 Å². The van der Waals surface area contributed by atoms with E-state index in [-0.39, 0.29) is 6.04 Å². The van der Waals surface area contributed by atoms with Gasteiger partial charge in [0.2, 0.25) is 5.91 Å². The molecule has 126 valence electrons. The van der Waals surface area contributed by atoms with Crippen molar-refractivity contribution >= 4 is 11.6 Å². The maximum Gasteiger partial charge on any atom is 0.239 e. The average molecular weight is 317 g/mol. The molecule has 1 N–H and O–H groups in total. The van der Waals surface area contributed by atoms with Gasteiger partial charge in [0.15, 0.2) is 0 Å². The zero-order valence-corrected chi connectivity index (χ0v) is 13.9. The molecule has 2 saturated heterocycles. The van der Waals surface area contributed by atoms with Crippen molar-refractivity contribution in [1.29, 1.82) is 0 Å². The van der Waals surface area contributed by atoms with Gasteiger partial charge in [0.05, 0.1) is 6.04 Å². The second kappa shape index (κ2) is 7.21. The van der Waals surface area contributed by atoms with Crippen LogP contribution in [0.2, 0.25) is 0 Å². The average Bonchev–Trinajstić information content (AvgIpc) is 2.62. The van der Waals surface area contributed by atoms with Gasteiger partial charge in [-0.15, -0.1) is 0 Å². The number of rotatable bonds is 3. The first-order valence-electron chi connectivity index (χ1n) is 8.72. The predicted molar refractivity (Wildman–Crippen MR) is 91.8 cm³/mol. The first-order valence-corrected chi connectivity index (χ1v) is 8.72. The number of hydrogen-bond acceptors (Lipinski definition) is 4. The SMILES string of the molecule is CC(C(=O)N1CCCCC1)N1CCN(c2ccc(O)cc2)CC1. The minimum absolute atomic E-state index is 0.0185. The van der Waals surface area contributed by atoms with Crippen LogP contribution < -0.4 is 4.90 Å². The Morgan fingerprint density at radius 1 is 0.957 bits per heavy atom. The highest BCUT2D eigenvalue weighted by Crippen LogP contribution is 2.21. The number of hydrogen-bond donors (Lipinski definition) is 1. The van der Waals surface area contributed by atoms with Crippen LogP contribution in [0.5, 0.6) is 5.75 Å². The molecule has 2 aliphatic rings. The normalized spacial score (nSPS) is 21.3. The molecule has 23 heavy (non-hydrogen) atoms. The Hall–Kier alpha value is -1.75. The van der Waals surface area contributed by atoms with Crippen LogP contribution in [0.4, 0.5) is 5.69 Å². The third-order valence-electron chi connectivity index (χ3n) is 5.10. The minimum Gasteiger partial charge on any atom is -0.508 e. The molecule has 2 heterocycles. The number of carbonyl (C=O) groups is 1. The molecule has 0 aliphatic carbocycles. The summed E-state index contributed by atoms with van der Waals surface area (Å²) in [4.78, 5) is 19.3. The Morgan fingerprint density at radius 2 is 1.57 bits per heavy atom. The fourth-order valence-electron chi connectivity index (χ4n) is 3.57. The molecule has 1 aromatic rings. The first-order chi connectivity index (χ1) is 11.1. The van der Waals surface area contributed by atoms with Crippen molar-refractivity contribution in [1.82, 2.24) is 9.80 Å². The number of amides is 1. The van der Waals surface area contributed by atoms with E-state index in [0.717, 1.165) is 57.8 Å². The molecule has 0 saturated carbocycles. The monoisotopic (exact) mass is 317 g/mol. The molecule has 1 unspecified atom stereocenters. The molecular formula is C18H27N3O2. The van der Waals surface area contributed by atoms with Gasteiger partial charge >= 0.3 is 0 Å². The summed E-state index contributed by atoms with van der Waals surface area (Å²) in [5.41, 5.74) is 1.14. The predicted octanol–water partition coefficient (Wildman–Crippen LogP) is 1.92. The molecule has 1 aromatic carbocycles. The number of anilines is 1. The zero-order valence-electron chi connectivity index (χ0n) is 13.9. The molecule has 1 atom stereocenters. The summed E-state index contributed by atoms with van der Waals surface area (Å²) in [6, 6.07) is 7.34. The lowest BCUT2D eigenvalue weighted by molar-refractivity contribution is -0.137. The van der Waals surface area contributed by atoms with Gasteiger partial charge < -0.3 is 14.9 Å². The second-order valence-corrected chi connectivity index (χ2v) is 6.60. The van der Waals surface area contributed by atoms with Crippen molar-refractivity contribution in [3.63, 3.8) is 0 Å². The van der Waals surface area contributed by atoms with Crippen molar-refractivity contribution in [2.24, 2.45) is 0 Å². The van der Waals surface area contributed by atoms with E-state index in [9.17, 15) is 9.90 Å². The van der Waals surface area contributed by atoms with Gasteiger partial charge in [-0.25, -0.2) is 0 Å². The lowest BCUT2D eigenvalue weighted by Gasteiger charge is -2.40. The topological polar surface area (TPSA) is 47.0 Å². The molecule has 0 radical (unpaired) electrons. The van der Waals surface area contributed by atoms with Gasteiger partial charge in [-0.1, -0.05) is 0 Å². The molecule has 5 heteroatoms. The van der Waals surface area contributed by atoms with Crippen LogP contribution in [0.3, 0.4) is 0 Å². The van der Waals surface area contributed by atoms with E-state index < -0.39 is 0 Å². The summed E-state index contributed by atoms with van der Waals surface area (Å²) in [6.45, 7) is 7.55. The smallest absolute Gasteiger partial charge is 0.239 e. The van der Waals surface area contributed by atoms with Gasteiger partial charge in [0, 0.05) is 45.0 Å². The molecule has 3 rings (SSSR count). The highest BCUT2D eigenvalue weighted by atomic mass is 16.3. The number of benzene rings is 1. The van der Waals surface area contributed by atoms with Gasteiger partial charge in [0.25, 0.3) is 0 Å². The van der Waals surface area contributed by atoms with Crippen LogP contribution in [0.15, 0.2) is 24.3 Å². The van der Waals surface area contributed by atoms with Crippen molar-refractivity contribution in [3.8, 4) is 5.75 Å². The molecule has 1 amide bonds. The van der Waals surface area contributed by atoms with Crippen molar-refractivity contribution in [3.05, 3.63) is 24.3 Å². The Balaban J connectivity index is 1.53. The lowest BCUT2D eigenvalue weighted by Crippen LogP contribution is -2.55. The summed E-state index contributed by atoms with van der Waals surface area (Å²) < 4.78 is 0. The van der Waals surface area contributed by atoms with Crippen LogP contribution in [-0.2, 0) is 4.79 Å². The maximum absolute atomic E-state index is 12.6. The third kappa shape index (κ3) is 3.78. The molecule has 2 fully saturated rings. The number of piperazine rings is 1. The molecule has 0 aromatic heterocycles. The van der Waals surface area contributed by atoms with Crippen LogP contribution in [0, 0.1) is 0 Å². The first kappa shape index (κ1) is 16.1. The van der Waals surface area contributed by atoms with Crippen LogP contribution >= 0.6 is 0 Å². The summed E-state index contributed by atoms with van der Waals surface area (Å²) in [7, 11) is 0. The third-order valence-corrected chi connectivity index (χ3v) is 5.10. The van der Waals surface area contributed by atoms with E-state index in [1.807, 2.05) is 24.0 Å². The standard InChI is InChI=1S/C18H27N3O2/c1-15(18(23)21-9-3-2-4-10-21)19-11-13-20(14-12-19)16-5-7-17(22)8-6-16/h5-8,15,22H,2-4,9-14H2,1H3. The Labute approximate surface area is 138 Å². The largest absolute Gasteiger partial charge is 0.508 e. The highest BCUT2D eigenvalue weighted by molar-refractivity contribution is 5.81. The summed E-state index contributed by atoms with van der Waals surface area (Å²) >= 11 is 0. The van der Waals surface area contributed by atoms with Gasteiger partial charge in [-0.2, -0.15) is 0 Å². The number of nitrogens with zero attached hydrogens (tertiary/aromatic N) is 3. The van der Waals surface area contributed by atoms with Crippen molar-refractivity contribution in [2.75, 3.05) is 44.2 Å². The van der Waals surface area contributed by atoms with E-state index in [1.165, 1.54) is 6.42 Å². The van der Waals surface area contributed by atoms with Crippen molar-refractivity contribution < 1.29 is 9.90 Å². The minimum atomic E-state index is -0.0185. The molecule has 2 aliphatic heterocycles. The Kier molecular flexibility index (Phi) is 5.06. The summed E-state index contributed by atoms with van der Waals surface area (Å²) in [5.74, 6) is 0.593. The molecule has 0 bridgehead atoms. The van der Waals surface area contributed by atoms with Crippen LogP contribution in [-0.4, -0.2) is 66.1 Å². The molecular weight excluding hydrogens is 290 g/mol. The number of phenolic OH excluding ortho intramolecular Hbond substituents is 1. The quantitative estimate of drug-likeness (QED) is 0.925. The van der Waals surface area contributed by atoms with E-state index >= 15 is 0 Å². The summed E-state index contributed by atoms with van der Waals surface area (Å²) in [6.07, 6.45) is 3.55. The maximum atomic E-state index is 12.6. The van der Waals surface area contributed by atoms with Gasteiger partial charge in [0.1, 0.15) is 5.75 Å². The highest BCUT2D eigenvalue weighted by Gasteiger charge is 2.29. The van der Waals surface area contributed by atoms with Gasteiger partial charge in [-0.3, -0.25) is 9.69 Å². The number of piperidine rings is 1. The fraction of sp³-hybridized carbons (Fsp3) is 0.611. The molecule has 5 nitrogen and oxygen atoms in total. The zero-order chi connectivity index (χ0) is 16.2.